The number of urea groups is 1. The van der Waals surface area contributed by atoms with E-state index in [0.717, 1.165) is 28.2 Å². The van der Waals surface area contributed by atoms with Crippen molar-refractivity contribution < 1.29 is 18.9 Å². The summed E-state index contributed by atoms with van der Waals surface area (Å²) in [5.74, 6) is 1.44. The molecule has 1 saturated heterocycles. The summed E-state index contributed by atoms with van der Waals surface area (Å²) in [6, 6.07) is 4.85. The van der Waals surface area contributed by atoms with Gasteiger partial charge in [-0.25, -0.2) is 9.36 Å². The first-order valence-electron chi connectivity index (χ1n) is 9.77. The molecule has 8 nitrogen and oxygen atoms in total. The Labute approximate surface area is 175 Å². The standard InChI is InChI=1S/C22H26N5O3/c1-12(2)11-25-20(28)18-19(24(6)22(25)29)23-21-26(14(4)15(5)27(18)21)16-10-13(3)8-9-17(16)30-7/h8-10,18H,1,11H2,2-7H3/q+1. The third kappa shape index (κ3) is 2.67. The van der Waals surface area contributed by atoms with Crippen molar-refractivity contribution in [3.8, 4) is 11.4 Å². The number of rotatable bonds is 4. The summed E-state index contributed by atoms with van der Waals surface area (Å²) in [5.41, 5.74) is 4.52. The second-order valence-corrected chi connectivity index (χ2v) is 7.95. The first-order valence-corrected chi connectivity index (χ1v) is 9.77. The van der Waals surface area contributed by atoms with E-state index in [1.165, 1.54) is 9.80 Å². The maximum absolute atomic E-state index is 13.3. The van der Waals surface area contributed by atoms with Gasteiger partial charge >= 0.3 is 12.0 Å². The molecule has 0 spiro atoms. The molecule has 2 aromatic rings. The zero-order chi connectivity index (χ0) is 21.9. The molecular formula is C22H26N5O3+. The molecule has 0 aliphatic carbocycles. The van der Waals surface area contributed by atoms with Gasteiger partial charge in [0.25, 0.3) is 5.91 Å². The highest BCUT2D eigenvalue weighted by molar-refractivity contribution is 6.19. The van der Waals surface area contributed by atoms with Crippen LogP contribution in [0, 0.1) is 20.8 Å². The second kappa shape index (κ2) is 6.83. The first kappa shape index (κ1) is 19.9. The van der Waals surface area contributed by atoms with Crippen molar-refractivity contribution in [2.75, 3.05) is 20.7 Å². The molecule has 0 saturated carbocycles. The number of ether oxygens (including phenoxy) is 1. The van der Waals surface area contributed by atoms with E-state index in [4.69, 9.17) is 9.73 Å². The smallest absolute Gasteiger partial charge is 0.407 e. The molecular weight excluding hydrogens is 382 g/mol. The summed E-state index contributed by atoms with van der Waals surface area (Å²) in [7, 11) is 3.28. The molecule has 2 aliphatic rings. The van der Waals surface area contributed by atoms with Gasteiger partial charge in [-0.05, 0) is 45.4 Å². The number of amidine groups is 1. The van der Waals surface area contributed by atoms with Crippen molar-refractivity contribution in [1.82, 2.24) is 14.4 Å². The third-order valence-electron chi connectivity index (χ3n) is 5.72. The largest absolute Gasteiger partial charge is 0.493 e. The lowest BCUT2D eigenvalue weighted by Gasteiger charge is -2.33. The molecule has 2 aliphatic heterocycles. The number of likely N-dealkylation sites (N-methyl/N-ethyl adjacent to an activating group) is 1. The molecule has 3 heterocycles. The highest BCUT2D eigenvalue weighted by Gasteiger charge is 2.54. The Morgan fingerprint density at radius 3 is 2.60 bits per heavy atom. The number of benzene rings is 1. The fourth-order valence-corrected chi connectivity index (χ4v) is 4.11. The number of aryl methyl sites for hydroxylation is 1. The average Bonchev–Trinajstić information content (AvgIpc) is 3.19. The fraction of sp³-hybridized carbons (Fsp3) is 0.364. The van der Waals surface area contributed by atoms with Gasteiger partial charge in [0, 0.05) is 7.05 Å². The molecule has 1 atom stereocenters. The number of nitrogens with zero attached hydrogens (tertiary/aromatic N) is 5. The Hall–Kier alpha value is -3.42. The van der Waals surface area contributed by atoms with Crippen molar-refractivity contribution >= 4 is 23.7 Å². The van der Waals surface area contributed by atoms with Gasteiger partial charge in [-0.1, -0.05) is 23.2 Å². The van der Waals surface area contributed by atoms with E-state index in [0.29, 0.717) is 17.5 Å². The normalized spacial score (nSPS) is 17.8. The number of imide groups is 1. The average molecular weight is 408 g/mol. The van der Waals surface area contributed by atoms with Crippen molar-refractivity contribution in [3.05, 3.63) is 47.3 Å². The first-order chi connectivity index (χ1) is 14.2. The zero-order valence-electron chi connectivity index (χ0n) is 18.2. The number of hydrogen-bond acceptors (Lipinski definition) is 4. The minimum absolute atomic E-state index is 0.187. The zero-order valence-corrected chi connectivity index (χ0v) is 18.2. The summed E-state index contributed by atoms with van der Waals surface area (Å²) in [5, 5.41) is 0. The van der Waals surface area contributed by atoms with Gasteiger partial charge in [0.05, 0.1) is 13.7 Å². The summed E-state index contributed by atoms with van der Waals surface area (Å²) in [4.78, 5) is 33.6. The number of fused-ring (bicyclic) bond motifs is 3. The molecule has 4 rings (SSSR count). The molecule has 1 fully saturated rings. The van der Waals surface area contributed by atoms with Gasteiger partial charge in [0.1, 0.15) is 17.1 Å². The van der Waals surface area contributed by atoms with Crippen molar-refractivity contribution in [1.29, 1.82) is 0 Å². The van der Waals surface area contributed by atoms with Gasteiger partial charge in [-0.3, -0.25) is 14.6 Å². The molecule has 8 heteroatoms. The van der Waals surface area contributed by atoms with Gasteiger partial charge in [0.2, 0.25) is 11.9 Å². The van der Waals surface area contributed by atoms with Crippen LogP contribution in [0.5, 0.6) is 5.75 Å². The molecule has 156 valence electrons. The fourth-order valence-electron chi connectivity index (χ4n) is 4.11. The number of imidazole rings is 1. The summed E-state index contributed by atoms with van der Waals surface area (Å²) < 4.78 is 9.48. The summed E-state index contributed by atoms with van der Waals surface area (Å²) in [6.45, 7) is 11.8. The molecule has 30 heavy (non-hydrogen) atoms. The topological polar surface area (TPSA) is 71.0 Å². The Morgan fingerprint density at radius 2 is 1.97 bits per heavy atom. The number of methoxy groups -OCH3 is 1. The van der Waals surface area contributed by atoms with Gasteiger partial charge in [-0.2, -0.15) is 4.57 Å². The van der Waals surface area contributed by atoms with E-state index in [2.05, 4.69) is 6.58 Å². The van der Waals surface area contributed by atoms with Crippen LogP contribution in [-0.2, 0) is 4.79 Å². The molecule has 1 aromatic carbocycles. The van der Waals surface area contributed by atoms with Crippen LogP contribution in [0.2, 0.25) is 0 Å². The Bertz CT molecular complexity index is 1140. The van der Waals surface area contributed by atoms with Crippen molar-refractivity contribution in [3.63, 3.8) is 0 Å². The summed E-state index contributed by atoms with van der Waals surface area (Å²) >= 11 is 0. The quantitative estimate of drug-likeness (QED) is 0.577. The van der Waals surface area contributed by atoms with Crippen LogP contribution in [0.4, 0.5) is 10.7 Å². The predicted octanol–water partition coefficient (Wildman–Crippen LogP) is 2.75. The highest BCUT2D eigenvalue weighted by atomic mass is 16.5. The number of hydrogen-bond donors (Lipinski definition) is 0. The van der Waals surface area contributed by atoms with Crippen LogP contribution < -0.4 is 9.30 Å². The number of carbonyl (C=O) groups excluding carboxylic acids is 2. The lowest BCUT2D eigenvalue weighted by atomic mass is 10.1. The van der Waals surface area contributed by atoms with Crippen LogP contribution >= 0.6 is 0 Å². The molecule has 1 unspecified atom stereocenters. The van der Waals surface area contributed by atoms with Gasteiger partial charge < -0.3 is 4.74 Å². The Kier molecular flexibility index (Phi) is 4.52. The van der Waals surface area contributed by atoms with Crippen LogP contribution in [-0.4, -0.2) is 52.8 Å². The minimum Gasteiger partial charge on any atom is -0.493 e. The Balaban J connectivity index is 1.94. The van der Waals surface area contributed by atoms with Gasteiger partial charge in [-0.15, -0.1) is 0 Å². The molecule has 0 N–H and O–H groups in total. The van der Waals surface area contributed by atoms with Crippen molar-refractivity contribution in [2.45, 2.75) is 33.7 Å². The lowest BCUT2D eigenvalue weighted by Crippen LogP contribution is -2.63. The molecule has 1 aromatic heterocycles. The second-order valence-electron chi connectivity index (χ2n) is 7.95. The number of amides is 3. The van der Waals surface area contributed by atoms with Crippen LogP contribution in [0.25, 0.3) is 5.69 Å². The van der Waals surface area contributed by atoms with E-state index >= 15 is 0 Å². The maximum atomic E-state index is 13.3. The molecule has 0 radical (unpaired) electrons. The van der Waals surface area contributed by atoms with E-state index in [9.17, 15) is 9.59 Å². The van der Waals surface area contributed by atoms with Crippen LogP contribution in [0.3, 0.4) is 0 Å². The van der Waals surface area contributed by atoms with Crippen molar-refractivity contribution in [2.24, 2.45) is 4.99 Å². The lowest BCUT2D eigenvalue weighted by molar-refractivity contribution is -0.682. The molecule has 0 bridgehead atoms. The predicted molar refractivity (Wildman–Crippen MR) is 113 cm³/mol. The van der Waals surface area contributed by atoms with E-state index in [-0.39, 0.29) is 12.5 Å². The highest BCUT2D eigenvalue weighted by Crippen LogP contribution is 2.36. The van der Waals surface area contributed by atoms with Crippen LogP contribution in [0.1, 0.15) is 29.9 Å². The summed E-state index contributed by atoms with van der Waals surface area (Å²) in [6.07, 6.45) is 0. The van der Waals surface area contributed by atoms with E-state index in [1.54, 1.807) is 21.1 Å². The van der Waals surface area contributed by atoms with Gasteiger partial charge in [0.15, 0.2) is 5.75 Å². The molecule has 3 amide bonds. The number of aromatic nitrogens is 2. The van der Waals surface area contributed by atoms with E-state index in [1.807, 2.05) is 48.1 Å². The maximum Gasteiger partial charge on any atom is 0.407 e. The minimum atomic E-state index is -0.683. The Morgan fingerprint density at radius 1 is 1.27 bits per heavy atom. The number of carbonyl (C=O) groups is 2. The monoisotopic (exact) mass is 408 g/mol. The SMILES string of the molecule is C=C(C)CN1C(=O)C2C(=Nc3n(-c4cc(C)ccc4OC)c(C)c(C)[n+]32)N(C)C1=O. The van der Waals surface area contributed by atoms with Crippen LogP contribution in [0.15, 0.2) is 35.3 Å². The number of aliphatic imine (C=N–C) groups is 1. The van der Waals surface area contributed by atoms with E-state index < -0.39 is 12.1 Å². The third-order valence-corrected chi connectivity index (χ3v) is 5.72.